The van der Waals surface area contributed by atoms with Crippen LogP contribution in [0.3, 0.4) is 0 Å². The van der Waals surface area contributed by atoms with Crippen LogP contribution in [-0.4, -0.2) is 24.7 Å². The fraction of sp³-hybridized carbons (Fsp3) is 1.00. The smallest absolute Gasteiger partial charge is 0.0192 e. The molecule has 2 aliphatic rings. The van der Waals surface area contributed by atoms with Crippen LogP contribution in [0.1, 0.15) is 39.0 Å². The van der Waals surface area contributed by atoms with Gasteiger partial charge in [0.2, 0.25) is 0 Å². The van der Waals surface area contributed by atoms with Crippen LogP contribution in [0.15, 0.2) is 0 Å². The second-order valence-electron chi connectivity index (χ2n) is 4.59. The number of rotatable bonds is 3. The van der Waals surface area contributed by atoms with Gasteiger partial charge in [0.1, 0.15) is 0 Å². The predicted octanol–water partition coefficient (Wildman–Crippen LogP) is 1.27. The molecule has 0 bridgehead atoms. The van der Waals surface area contributed by atoms with Crippen molar-refractivity contribution >= 4 is 0 Å². The Labute approximate surface area is 75.1 Å². The monoisotopic (exact) mass is 168 g/mol. The molecule has 0 aromatic heterocycles. The lowest BCUT2D eigenvalue weighted by Crippen LogP contribution is -2.44. The fourth-order valence-corrected chi connectivity index (χ4v) is 1.83. The Morgan fingerprint density at radius 2 is 2.25 bits per heavy atom. The molecule has 0 aromatic rings. The molecule has 0 amide bonds. The Balaban J connectivity index is 1.65. The number of piperidine rings is 1. The van der Waals surface area contributed by atoms with Crippen LogP contribution in [-0.2, 0) is 0 Å². The highest BCUT2D eigenvalue weighted by atomic mass is 15.1. The third kappa shape index (κ3) is 2.20. The first-order chi connectivity index (χ1) is 5.79. The van der Waals surface area contributed by atoms with Crippen LogP contribution in [0.25, 0.3) is 0 Å². The average molecular weight is 168 g/mol. The molecule has 2 N–H and O–H groups in total. The quantitative estimate of drug-likeness (QED) is 0.663. The molecule has 0 aromatic carbocycles. The van der Waals surface area contributed by atoms with E-state index in [1.807, 2.05) is 0 Å². The van der Waals surface area contributed by atoms with Crippen molar-refractivity contribution in [2.75, 3.05) is 13.1 Å². The third-order valence-electron chi connectivity index (χ3n) is 3.19. The van der Waals surface area contributed by atoms with E-state index < -0.39 is 0 Å². The van der Waals surface area contributed by atoms with Gasteiger partial charge in [0, 0.05) is 18.1 Å². The molecule has 2 rings (SSSR count). The highest BCUT2D eigenvalue weighted by Gasteiger charge is 2.36. The summed E-state index contributed by atoms with van der Waals surface area (Å²) in [6.07, 6.45) is 6.90. The Bertz CT molecular complexity index is 146. The minimum Gasteiger partial charge on any atom is -0.313 e. The minimum absolute atomic E-state index is 0.513. The standard InChI is InChI=1S/C10H20N2/c1-10(5-6-10)12-8-9-4-2-3-7-11-9/h9,11-12H,2-8H2,1H3. The van der Waals surface area contributed by atoms with Crippen molar-refractivity contribution in [3.8, 4) is 0 Å². The molecule has 12 heavy (non-hydrogen) atoms. The van der Waals surface area contributed by atoms with E-state index in [0.29, 0.717) is 5.54 Å². The van der Waals surface area contributed by atoms with Crippen LogP contribution < -0.4 is 10.6 Å². The predicted molar refractivity (Wildman–Crippen MR) is 51.3 cm³/mol. The average Bonchev–Trinajstić information content (AvgIpc) is 2.84. The van der Waals surface area contributed by atoms with Gasteiger partial charge >= 0.3 is 0 Å². The summed E-state index contributed by atoms with van der Waals surface area (Å²) in [5.74, 6) is 0. The Hall–Kier alpha value is -0.0800. The highest BCUT2D eigenvalue weighted by molar-refractivity contribution is 4.98. The van der Waals surface area contributed by atoms with Crippen molar-refractivity contribution in [2.24, 2.45) is 0 Å². The Morgan fingerprint density at radius 1 is 1.42 bits per heavy atom. The number of nitrogens with one attached hydrogen (secondary N) is 2. The molecule has 1 saturated heterocycles. The van der Waals surface area contributed by atoms with Crippen molar-refractivity contribution in [3.05, 3.63) is 0 Å². The molecule has 1 aliphatic carbocycles. The Morgan fingerprint density at radius 3 is 2.83 bits per heavy atom. The number of hydrogen-bond acceptors (Lipinski definition) is 2. The molecule has 1 heterocycles. The van der Waals surface area contributed by atoms with Crippen molar-refractivity contribution < 1.29 is 0 Å². The second-order valence-corrected chi connectivity index (χ2v) is 4.59. The molecule has 1 unspecified atom stereocenters. The lowest BCUT2D eigenvalue weighted by atomic mass is 10.0. The first-order valence-electron chi connectivity index (χ1n) is 5.27. The molecule has 70 valence electrons. The van der Waals surface area contributed by atoms with Gasteiger partial charge in [-0.3, -0.25) is 0 Å². The molecule has 2 fully saturated rings. The van der Waals surface area contributed by atoms with E-state index in [1.165, 1.54) is 45.2 Å². The van der Waals surface area contributed by atoms with Gasteiger partial charge in [0.15, 0.2) is 0 Å². The van der Waals surface area contributed by atoms with Crippen LogP contribution in [0.5, 0.6) is 0 Å². The lowest BCUT2D eigenvalue weighted by Gasteiger charge is -2.25. The summed E-state index contributed by atoms with van der Waals surface area (Å²) in [4.78, 5) is 0. The van der Waals surface area contributed by atoms with Crippen LogP contribution in [0.2, 0.25) is 0 Å². The van der Waals surface area contributed by atoms with E-state index in [-0.39, 0.29) is 0 Å². The fourth-order valence-electron chi connectivity index (χ4n) is 1.83. The third-order valence-corrected chi connectivity index (χ3v) is 3.19. The molecule has 2 nitrogen and oxygen atoms in total. The van der Waals surface area contributed by atoms with Gasteiger partial charge < -0.3 is 10.6 Å². The second kappa shape index (κ2) is 3.35. The van der Waals surface area contributed by atoms with Crippen LogP contribution in [0.4, 0.5) is 0 Å². The van der Waals surface area contributed by atoms with Gasteiger partial charge in [-0.15, -0.1) is 0 Å². The van der Waals surface area contributed by atoms with Crippen molar-refractivity contribution in [2.45, 2.75) is 50.6 Å². The maximum absolute atomic E-state index is 3.64. The molecule has 0 radical (unpaired) electrons. The molecule has 1 aliphatic heterocycles. The van der Waals surface area contributed by atoms with Crippen LogP contribution in [0, 0.1) is 0 Å². The van der Waals surface area contributed by atoms with Crippen molar-refractivity contribution in [3.63, 3.8) is 0 Å². The largest absolute Gasteiger partial charge is 0.313 e. The topological polar surface area (TPSA) is 24.1 Å². The van der Waals surface area contributed by atoms with E-state index in [4.69, 9.17) is 0 Å². The summed E-state index contributed by atoms with van der Waals surface area (Å²) in [6, 6.07) is 0.746. The van der Waals surface area contributed by atoms with E-state index in [0.717, 1.165) is 6.04 Å². The molecule has 0 spiro atoms. The Kier molecular flexibility index (Phi) is 2.37. The molecular formula is C10H20N2. The SMILES string of the molecule is CC1(NCC2CCCCN2)CC1. The van der Waals surface area contributed by atoms with Gasteiger partial charge in [0.25, 0.3) is 0 Å². The first-order valence-corrected chi connectivity index (χ1v) is 5.27. The van der Waals surface area contributed by atoms with E-state index in [9.17, 15) is 0 Å². The summed E-state index contributed by atoms with van der Waals surface area (Å²) in [5.41, 5.74) is 0.513. The normalized spacial score (nSPS) is 33.2. The van der Waals surface area contributed by atoms with Gasteiger partial charge in [-0.2, -0.15) is 0 Å². The summed E-state index contributed by atoms with van der Waals surface area (Å²) in [5, 5.41) is 7.20. The van der Waals surface area contributed by atoms with Gasteiger partial charge in [-0.05, 0) is 39.2 Å². The molecule has 2 heteroatoms. The van der Waals surface area contributed by atoms with Gasteiger partial charge in [-0.25, -0.2) is 0 Å². The zero-order chi connectivity index (χ0) is 8.44. The maximum Gasteiger partial charge on any atom is 0.0192 e. The maximum atomic E-state index is 3.64. The summed E-state index contributed by atoms with van der Waals surface area (Å²) in [6.45, 7) is 4.73. The van der Waals surface area contributed by atoms with Gasteiger partial charge in [0.05, 0.1) is 0 Å². The highest BCUT2D eigenvalue weighted by Crippen LogP contribution is 2.34. The summed E-state index contributed by atoms with van der Waals surface area (Å²) < 4.78 is 0. The molecular weight excluding hydrogens is 148 g/mol. The number of hydrogen-bond donors (Lipinski definition) is 2. The summed E-state index contributed by atoms with van der Waals surface area (Å²) in [7, 11) is 0. The lowest BCUT2D eigenvalue weighted by molar-refractivity contribution is 0.365. The van der Waals surface area contributed by atoms with Crippen molar-refractivity contribution in [1.29, 1.82) is 0 Å². The van der Waals surface area contributed by atoms with E-state index >= 15 is 0 Å². The minimum atomic E-state index is 0.513. The molecule has 1 saturated carbocycles. The zero-order valence-electron chi connectivity index (χ0n) is 8.03. The first kappa shape index (κ1) is 8.52. The van der Waals surface area contributed by atoms with E-state index in [2.05, 4.69) is 17.6 Å². The summed E-state index contributed by atoms with van der Waals surface area (Å²) >= 11 is 0. The van der Waals surface area contributed by atoms with E-state index in [1.54, 1.807) is 0 Å². The van der Waals surface area contributed by atoms with Crippen LogP contribution >= 0.6 is 0 Å². The zero-order valence-corrected chi connectivity index (χ0v) is 8.03. The molecule has 1 atom stereocenters. The van der Waals surface area contributed by atoms with Crippen molar-refractivity contribution in [1.82, 2.24) is 10.6 Å². The van der Waals surface area contributed by atoms with Gasteiger partial charge in [-0.1, -0.05) is 6.42 Å².